The van der Waals surface area contributed by atoms with E-state index >= 15 is 0 Å². The van der Waals surface area contributed by atoms with E-state index in [-0.39, 0.29) is 0 Å². The molecule has 1 unspecified atom stereocenters. The Morgan fingerprint density at radius 1 is 1.30 bits per heavy atom. The molecule has 20 heavy (non-hydrogen) atoms. The molecule has 0 aliphatic carbocycles. The van der Waals surface area contributed by atoms with Gasteiger partial charge in [-0.1, -0.05) is 23.7 Å². The Balaban J connectivity index is 2.05. The monoisotopic (exact) mass is 301 g/mol. The first kappa shape index (κ1) is 13.6. The summed E-state index contributed by atoms with van der Waals surface area (Å²) < 4.78 is 0. The fraction of sp³-hybridized carbons (Fsp3) is 0.235. The predicted octanol–water partition coefficient (Wildman–Crippen LogP) is 5.62. The second-order valence-electron chi connectivity index (χ2n) is 5.12. The van der Waals surface area contributed by atoms with Crippen LogP contribution >= 0.6 is 22.9 Å². The molecule has 0 saturated carbocycles. The highest BCUT2D eigenvalue weighted by Crippen LogP contribution is 2.41. The number of rotatable bonds is 2. The lowest BCUT2D eigenvalue weighted by molar-refractivity contribution is 0.920. The molecule has 2 heterocycles. The standard InChI is InChI=1S/C17H16ClNS/c1-11-10-20-17(12(11)2)15-6-7-19-9-16(15)13-4-3-5-14(18)8-13/h3-5,7-10,15H,6H2,1-2H3. The number of halogens is 1. The first-order valence-electron chi connectivity index (χ1n) is 6.69. The topological polar surface area (TPSA) is 12.4 Å². The smallest absolute Gasteiger partial charge is 0.0412 e. The number of allylic oxidation sites excluding steroid dienone is 1. The van der Waals surface area contributed by atoms with Gasteiger partial charge in [0.2, 0.25) is 0 Å². The van der Waals surface area contributed by atoms with Crippen molar-refractivity contribution in [3.05, 3.63) is 62.4 Å². The second kappa shape index (κ2) is 5.55. The van der Waals surface area contributed by atoms with Crippen LogP contribution in [0.4, 0.5) is 0 Å². The van der Waals surface area contributed by atoms with Crippen LogP contribution in [0.15, 0.2) is 40.8 Å². The summed E-state index contributed by atoms with van der Waals surface area (Å²) in [5, 5.41) is 3.02. The Morgan fingerprint density at radius 2 is 2.15 bits per heavy atom. The number of benzene rings is 1. The Kier molecular flexibility index (Phi) is 3.77. The van der Waals surface area contributed by atoms with Crippen LogP contribution in [0.2, 0.25) is 5.02 Å². The zero-order valence-corrected chi connectivity index (χ0v) is 13.1. The van der Waals surface area contributed by atoms with Crippen molar-refractivity contribution in [2.24, 2.45) is 4.99 Å². The van der Waals surface area contributed by atoms with Gasteiger partial charge >= 0.3 is 0 Å². The Bertz CT molecular complexity index is 697. The lowest BCUT2D eigenvalue weighted by atomic mass is 9.87. The van der Waals surface area contributed by atoms with Crippen molar-refractivity contribution < 1.29 is 0 Å². The molecule has 3 rings (SSSR count). The lowest BCUT2D eigenvalue weighted by Crippen LogP contribution is -2.06. The highest BCUT2D eigenvalue weighted by molar-refractivity contribution is 7.10. The number of hydrogen-bond donors (Lipinski definition) is 0. The molecule has 0 bridgehead atoms. The van der Waals surface area contributed by atoms with E-state index < -0.39 is 0 Å². The van der Waals surface area contributed by atoms with Crippen LogP contribution in [-0.4, -0.2) is 6.21 Å². The van der Waals surface area contributed by atoms with Gasteiger partial charge < -0.3 is 0 Å². The van der Waals surface area contributed by atoms with Gasteiger partial charge in [-0.25, -0.2) is 0 Å². The molecule has 0 saturated heterocycles. The number of aliphatic imine (C=N–C) groups is 1. The van der Waals surface area contributed by atoms with Gasteiger partial charge in [-0.15, -0.1) is 11.3 Å². The van der Waals surface area contributed by atoms with E-state index in [4.69, 9.17) is 11.6 Å². The summed E-state index contributed by atoms with van der Waals surface area (Å²) in [5.41, 5.74) is 5.21. The molecule has 102 valence electrons. The van der Waals surface area contributed by atoms with Crippen molar-refractivity contribution in [1.29, 1.82) is 0 Å². The minimum Gasteiger partial charge on any atom is -0.269 e. The Morgan fingerprint density at radius 3 is 2.85 bits per heavy atom. The maximum absolute atomic E-state index is 6.13. The molecule has 2 aromatic rings. The predicted molar refractivity (Wildman–Crippen MR) is 89.1 cm³/mol. The van der Waals surface area contributed by atoms with E-state index in [1.807, 2.05) is 42.0 Å². The molecule has 1 atom stereocenters. The number of thiophene rings is 1. The number of hydrogen-bond acceptors (Lipinski definition) is 2. The highest BCUT2D eigenvalue weighted by atomic mass is 35.5. The minimum atomic E-state index is 0.393. The van der Waals surface area contributed by atoms with Gasteiger partial charge in [-0.3, -0.25) is 4.99 Å². The second-order valence-corrected chi connectivity index (χ2v) is 6.47. The van der Waals surface area contributed by atoms with Crippen molar-refractivity contribution in [2.75, 3.05) is 0 Å². The summed E-state index contributed by atoms with van der Waals surface area (Å²) in [6.07, 6.45) is 4.95. The Labute approximate surface area is 128 Å². The summed E-state index contributed by atoms with van der Waals surface area (Å²) in [5.74, 6) is 0.393. The van der Waals surface area contributed by atoms with E-state index in [0.29, 0.717) is 5.92 Å². The third kappa shape index (κ3) is 2.46. The quantitative estimate of drug-likeness (QED) is 0.683. The number of nitrogens with zero attached hydrogens (tertiary/aromatic N) is 1. The maximum atomic E-state index is 6.13. The third-order valence-electron chi connectivity index (χ3n) is 3.83. The highest BCUT2D eigenvalue weighted by Gasteiger charge is 2.23. The minimum absolute atomic E-state index is 0.393. The molecular weight excluding hydrogens is 286 g/mol. The van der Waals surface area contributed by atoms with Crippen LogP contribution in [0.25, 0.3) is 5.57 Å². The molecule has 0 amide bonds. The molecule has 1 aliphatic heterocycles. The van der Waals surface area contributed by atoms with Crippen molar-refractivity contribution >= 4 is 34.7 Å². The molecule has 0 fully saturated rings. The number of aryl methyl sites for hydroxylation is 1. The molecular formula is C17H16ClNS. The largest absolute Gasteiger partial charge is 0.269 e. The summed E-state index contributed by atoms with van der Waals surface area (Å²) in [4.78, 5) is 5.80. The first-order valence-corrected chi connectivity index (χ1v) is 7.95. The molecule has 0 N–H and O–H groups in total. The van der Waals surface area contributed by atoms with Crippen molar-refractivity contribution in [3.63, 3.8) is 0 Å². The fourth-order valence-corrected chi connectivity index (χ4v) is 3.97. The van der Waals surface area contributed by atoms with Gasteiger partial charge in [0.1, 0.15) is 0 Å². The Hall–Kier alpha value is -1.38. The van der Waals surface area contributed by atoms with Gasteiger partial charge in [0.05, 0.1) is 0 Å². The van der Waals surface area contributed by atoms with Gasteiger partial charge in [0.15, 0.2) is 0 Å². The van der Waals surface area contributed by atoms with E-state index in [1.165, 1.54) is 27.1 Å². The normalized spacial score (nSPS) is 18.1. The SMILES string of the molecule is Cc1csc(C2CC=NC=C2c2cccc(Cl)c2)c1C. The average molecular weight is 302 g/mol. The van der Waals surface area contributed by atoms with Crippen molar-refractivity contribution in [3.8, 4) is 0 Å². The van der Waals surface area contributed by atoms with Crippen LogP contribution in [-0.2, 0) is 0 Å². The third-order valence-corrected chi connectivity index (χ3v) is 5.38. The molecule has 0 spiro atoms. The van der Waals surface area contributed by atoms with Gasteiger partial charge in [0, 0.05) is 28.2 Å². The van der Waals surface area contributed by atoms with E-state index in [0.717, 1.165) is 11.4 Å². The molecule has 1 aromatic carbocycles. The van der Waals surface area contributed by atoms with Crippen molar-refractivity contribution in [1.82, 2.24) is 0 Å². The lowest BCUT2D eigenvalue weighted by Gasteiger charge is -2.21. The van der Waals surface area contributed by atoms with Crippen LogP contribution in [0, 0.1) is 13.8 Å². The summed E-state index contributed by atoms with van der Waals surface area (Å²) >= 11 is 7.98. The zero-order chi connectivity index (χ0) is 14.1. The van der Waals surface area contributed by atoms with Gasteiger partial charge in [0.25, 0.3) is 0 Å². The summed E-state index contributed by atoms with van der Waals surface area (Å²) in [6.45, 7) is 4.39. The molecule has 1 nitrogen and oxygen atoms in total. The molecule has 1 aliphatic rings. The van der Waals surface area contributed by atoms with Crippen LogP contribution in [0.5, 0.6) is 0 Å². The van der Waals surface area contributed by atoms with Gasteiger partial charge in [-0.2, -0.15) is 0 Å². The molecule has 3 heteroatoms. The summed E-state index contributed by atoms with van der Waals surface area (Å²) in [7, 11) is 0. The first-order chi connectivity index (χ1) is 9.66. The van der Waals surface area contributed by atoms with Crippen LogP contribution in [0.1, 0.15) is 33.9 Å². The van der Waals surface area contributed by atoms with Gasteiger partial charge in [-0.05, 0) is 60.0 Å². The molecule has 0 radical (unpaired) electrons. The fourth-order valence-electron chi connectivity index (χ4n) is 2.57. The van der Waals surface area contributed by atoms with E-state index in [2.05, 4.69) is 30.3 Å². The zero-order valence-electron chi connectivity index (χ0n) is 11.6. The van der Waals surface area contributed by atoms with Crippen LogP contribution in [0.3, 0.4) is 0 Å². The van der Waals surface area contributed by atoms with Crippen LogP contribution < -0.4 is 0 Å². The molecule has 1 aromatic heterocycles. The van der Waals surface area contributed by atoms with Crippen molar-refractivity contribution in [2.45, 2.75) is 26.2 Å². The van der Waals surface area contributed by atoms with E-state index in [1.54, 1.807) is 0 Å². The summed E-state index contributed by atoms with van der Waals surface area (Å²) in [6, 6.07) is 8.05. The maximum Gasteiger partial charge on any atom is 0.0412 e. The average Bonchev–Trinajstić information content (AvgIpc) is 2.79. The van der Waals surface area contributed by atoms with E-state index in [9.17, 15) is 0 Å².